The summed E-state index contributed by atoms with van der Waals surface area (Å²) in [4.78, 5) is 33.3. The van der Waals surface area contributed by atoms with Crippen LogP contribution in [-0.4, -0.2) is 65.4 Å². The van der Waals surface area contributed by atoms with Gasteiger partial charge in [0.25, 0.3) is 0 Å². The standard InChI is InChI=1S/C18H28N4O2S.2ClH/c1-18(2,3)17-20-13(12-25-17)9-15(23)21-7-4-5-14(11-21)22-8-6-19-10-16(22)24;;/h12,14,19H,4-11H2,1-3H3;2*1H. The lowest BCUT2D eigenvalue weighted by Crippen LogP contribution is -2.57. The van der Waals surface area contributed by atoms with E-state index in [9.17, 15) is 9.59 Å². The second kappa shape index (κ2) is 10.0. The summed E-state index contributed by atoms with van der Waals surface area (Å²) in [7, 11) is 0. The minimum Gasteiger partial charge on any atom is -0.340 e. The highest BCUT2D eigenvalue weighted by atomic mass is 35.5. The minimum absolute atomic E-state index is 0. The second-order valence-corrected chi connectivity index (χ2v) is 8.83. The summed E-state index contributed by atoms with van der Waals surface area (Å²) in [5.74, 6) is 0.276. The Balaban J connectivity index is 0.00000182. The van der Waals surface area contributed by atoms with E-state index in [1.54, 1.807) is 11.3 Å². The van der Waals surface area contributed by atoms with Gasteiger partial charge >= 0.3 is 0 Å². The molecule has 27 heavy (non-hydrogen) atoms. The number of amides is 2. The number of carbonyl (C=O) groups is 2. The first kappa shape index (κ1) is 24.1. The Labute approximate surface area is 177 Å². The number of piperazine rings is 1. The van der Waals surface area contributed by atoms with Crippen molar-refractivity contribution in [2.75, 3.05) is 32.7 Å². The van der Waals surface area contributed by atoms with Gasteiger partial charge in [0.1, 0.15) is 0 Å². The largest absolute Gasteiger partial charge is 0.340 e. The highest BCUT2D eigenvalue weighted by Gasteiger charge is 2.31. The smallest absolute Gasteiger partial charge is 0.236 e. The van der Waals surface area contributed by atoms with Crippen LogP contribution in [0.3, 0.4) is 0 Å². The first-order valence-corrected chi connectivity index (χ1v) is 9.95. The molecule has 1 atom stereocenters. The van der Waals surface area contributed by atoms with E-state index < -0.39 is 0 Å². The summed E-state index contributed by atoms with van der Waals surface area (Å²) in [5, 5.41) is 6.17. The number of hydrogen-bond donors (Lipinski definition) is 1. The Bertz CT molecular complexity index is 648. The molecule has 3 heterocycles. The molecule has 154 valence electrons. The van der Waals surface area contributed by atoms with E-state index in [-0.39, 0.29) is 48.1 Å². The molecule has 0 radical (unpaired) electrons. The predicted molar refractivity (Wildman–Crippen MR) is 113 cm³/mol. The number of rotatable bonds is 3. The lowest BCUT2D eigenvalue weighted by atomic mass is 9.98. The third kappa shape index (κ3) is 6.04. The van der Waals surface area contributed by atoms with Gasteiger partial charge in [-0.2, -0.15) is 0 Å². The number of piperidine rings is 1. The topological polar surface area (TPSA) is 65.5 Å². The van der Waals surface area contributed by atoms with Crippen LogP contribution in [0.15, 0.2) is 5.38 Å². The van der Waals surface area contributed by atoms with Gasteiger partial charge in [-0.3, -0.25) is 9.59 Å². The van der Waals surface area contributed by atoms with Crippen molar-refractivity contribution in [3.8, 4) is 0 Å². The van der Waals surface area contributed by atoms with Crippen molar-refractivity contribution in [2.45, 2.75) is 51.5 Å². The summed E-state index contributed by atoms with van der Waals surface area (Å²) < 4.78 is 0. The molecule has 0 bridgehead atoms. The lowest BCUT2D eigenvalue weighted by Gasteiger charge is -2.41. The van der Waals surface area contributed by atoms with Gasteiger partial charge in [0, 0.05) is 43.0 Å². The average Bonchev–Trinajstić information content (AvgIpc) is 3.04. The Morgan fingerprint density at radius 1 is 1.33 bits per heavy atom. The molecule has 1 aromatic rings. The van der Waals surface area contributed by atoms with Crippen LogP contribution >= 0.6 is 36.2 Å². The van der Waals surface area contributed by atoms with E-state index in [4.69, 9.17) is 0 Å². The van der Waals surface area contributed by atoms with Crippen molar-refractivity contribution in [3.63, 3.8) is 0 Å². The summed E-state index contributed by atoms with van der Waals surface area (Å²) in [6.07, 6.45) is 2.30. The number of hydrogen-bond acceptors (Lipinski definition) is 5. The molecular formula is C18H30Cl2N4O2S. The number of halogens is 2. The molecule has 1 aromatic heterocycles. The number of thiazole rings is 1. The SMILES string of the molecule is CC(C)(C)c1nc(CC(=O)N2CCCC(N3CCNCC3=O)C2)cs1.Cl.Cl. The van der Waals surface area contributed by atoms with Crippen molar-refractivity contribution >= 4 is 48.0 Å². The van der Waals surface area contributed by atoms with Gasteiger partial charge in [0.2, 0.25) is 11.8 Å². The first-order valence-electron chi connectivity index (χ1n) is 9.07. The van der Waals surface area contributed by atoms with Crippen LogP contribution in [0.1, 0.15) is 44.3 Å². The van der Waals surface area contributed by atoms with E-state index >= 15 is 0 Å². The van der Waals surface area contributed by atoms with Crippen molar-refractivity contribution in [1.29, 1.82) is 0 Å². The first-order chi connectivity index (χ1) is 11.8. The van der Waals surface area contributed by atoms with Gasteiger partial charge in [-0.1, -0.05) is 20.8 Å². The molecule has 2 saturated heterocycles. The predicted octanol–water partition coefficient (Wildman–Crippen LogP) is 2.25. The summed E-state index contributed by atoms with van der Waals surface area (Å²) >= 11 is 1.63. The monoisotopic (exact) mass is 436 g/mol. The van der Waals surface area contributed by atoms with E-state index in [0.29, 0.717) is 19.5 Å². The van der Waals surface area contributed by atoms with Gasteiger partial charge in [0.05, 0.1) is 23.7 Å². The number of carbonyl (C=O) groups excluding carboxylic acids is 2. The summed E-state index contributed by atoms with van der Waals surface area (Å²) in [5.41, 5.74) is 0.880. The fourth-order valence-corrected chi connectivity index (χ4v) is 4.35. The maximum absolute atomic E-state index is 12.7. The van der Waals surface area contributed by atoms with Gasteiger partial charge in [-0.15, -0.1) is 36.2 Å². The molecule has 1 N–H and O–H groups in total. The molecule has 2 amide bonds. The van der Waals surface area contributed by atoms with E-state index in [1.165, 1.54) is 0 Å². The average molecular weight is 437 g/mol. The fourth-order valence-electron chi connectivity index (χ4n) is 3.44. The molecule has 0 spiro atoms. The van der Waals surface area contributed by atoms with Crippen LogP contribution in [0.4, 0.5) is 0 Å². The Hall–Kier alpha value is -0.890. The van der Waals surface area contributed by atoms with Gasteiger partial charge in [-0.05, 0) is 12.8 Å². The van der Waals surface area contributed by atoms with Crippen LogP contribution in [-0.2, 0) is 21.4 Å². The molecule has 2 aliphatic rings. The van der Waals surface area contributed by atoms with E-state index in [1.807, 2.05) is 15.2 Å². The molecule has 0 aromatic carbocycles. The molecule has 6 nitrogen and oxygen atoms in total. The third-order valence-electron chi connectivity index (χ3n) is 4.84. The van der Waals surface area contributed by atoms with Gasteiger partial charge < -0.3 is 15.1 Å². The molecule has 2 fully saturated rings. The number of aromatic nitrogens is 1. The zero-order valence-corrected chi connectivity index (χ0v) is 18.6. The van der Waals surface area contributed by atoms with Crippen LogP contribution in [0, 0.1) is 0 Å². The fraction of sp³-hybridized carbons (Fsp3) is 0.722. The Kier molecular flexibility index (Phi) is 8.99. The minimum atomic E-state index is 0. The molecule has 3 rings (SSSR count). The molecule has 9 heteroatoms. The maximum atomic E-state index is 12.7. The summed E-state index contributed by atoms with van der Waals surface area (Å²) in [6.45, 7) is 9.84. The lowest BCUT2D eigenvalue weighted by molar-refractivity contribution is -0.140. The molecule has 1 unspecified atom stereocenters. The van der Waals surface area contributed by atoms with E-state index in [0.717, 1.165) is 43.2 Å². The highest BCUT2D eigenvalue weighted by molar-refractivity contribution is 7.09. The van der Waals surface area contributed by atoms with Crippen LogP contribution in [0.25, 0.3) is 0 Å². The maximum Gasteiger partial charge on any atom is 0.236 e. The zero-order chi connectivity index (χ0) is 18.0. The van der Waals surface area contributed by atoms with Gasteiger partial charge in [0.15, 0.2) is 0 Å². The van der Waals surface area contributed by atoms with Crippen molar-refractivity contribution in [1.82, 2.24) is 20.1 Å². The van der Waals surface area contributed by atoms with Crippen molar-refractivity contribution in [3.05, 3.63) is 16.1 Å². The van der Waals surface area contributed by atoms with Crippen LogP contribution in [0.2, 0.25) is 0 Å². The van der Waals surface area contributed by atoms with Crippen LogP contribution < -0.4 is 5.32 Å². The number of nitrogens with one attached hydrogen (secondary N) is 1. The van der Waals surface area contributed by atoms with Crippen molar-refractivity contribution in [2.24, 2.45) is 0 Å². The molecule has 2 aliphatic heterocycles. The van der Waals surface area contributed by atoms with Crippen LogP contribution in [0.5, 0.6) is 0 Å². The third-order valence-corrected chi connectivity index (χ3v) is 6.16. The molecule has 0 aliphatic carbocycles. The Morgan fingerprint density at radius 2 is 2.07 bits per heavy atom. The number of likely N-dealkylation sites (tertiary alicyclic amines) is 1. The van der Waals surface area contributed by atoms with E-state index in [2.05, 4.69) is 31.1 Å². The normalized spacial score (nSPS) is 20.7. The quantitative estimate of drug-likeness (QED) is 0.788. The summed E-state index contributed by atoms with van der Waals surface area (Å²) in [6, 6.07) is 0.160. The zero-order valence-electron chi connectivity index (χ0n) is 16.2. The van der Waals surface area contributed by atoms with Gasteiger partial charge in [-0.25, -0.2) is 4.98 Å². The highest BCUT2D eigenvalue weighted by Crippen LogP contribution is 2.26. The molecule has 0 saturated carbocycles. The second-order valence-electron chi connectivity index (χ2n) is 7.97. The number of nitrogens with zero attached hydrogens (tertiary/aromatic N) is 3. The molecular weight excluding hydrogens is 407 g/mol. The van der Waals surface area contributed by atoms with Crippen molar-refractivity contribution < 1.29 is 9.59 Å². The Morgan fingerprint density at radius 3 is 2.70 bits per heavy atom.